The van der Waals surface area contributed by atoms with Crippen molar-refractivity contribution in [3.8, 4) is 0 Å². The largest absolute Gasteiger partial charge is 0.358 e. The second-order valence-electron chi connectivity index (χ2n) is 4.44. The quantitative estimate of drug-likeness (QED) is 0.247. The summed E-state index contributed by atoms with van der Waals surface area (Å²) in [7, 11) is 1.53. The number of hydrogen-bond donors (Lipinski definition) is 0. The van der Waals surface area contributed by atoms with Crippen LogP contribution in [0.4, 0.5) is 0 Å². The first-order chi connectivity index (χ1) is 10.4. The molecule has 1 aliphatic rings. The van der Waals surface area contributed by atoms with Gasteiger partial charge in [-0.05, 0) is 10.6 Å². The van der Waals surface area contributed by atoms with Gasteiger partial charge in [-0.25, -0.2) is 12.2 Å². The molecular formula is C23H37Cl2PSiTi-5. The molecule has 0 unspecified atom stereocenters. The van der Waals surface area contributed by atoms with Crippen molar-refractivity contribution in [2.45, 2.75) is 19.5 Å². The topological polar surface area (TPSA) is 0 Å². The van der Waals surface area contributed by atoms with Crippen LogP contribution in [0.5, 0.6) is 0 Å². The Morgan fingerprint density at radius 1 is 0.750 bits per heavy atom. The molecule has 2 aromatic carbocycles. The predicted octanol–water partition coefficient (Wildman–Crippen LogP) is 6.78. The summed E-state index contributed by atoms with van der Waals surface area (Å²) in [5.41, 5.74) is 0. The normalized spacial score (nSPS) is 8.36. The molecule has 0 nitrogen and oxygen atoms in total. The first kappa shape index (κ1) is 46.2. The third-order valence-electron chi connectivity index (χ3n) is 2.42. The van der Waals surface area contributed by atoms with Crippen LogP contribution in [-0.2, 0) is 21.7 Å². The fraction of sp³-hybridized carbons (Fsp3) is 0.130. The molecule has 5 heteroatoms. The van der Waals surface area contributed by atoms with Crippen molar-refractivity contribution in [2.24, 2.45) is 0 Å². The van der Waals surface area contributed by atoms with Crippen molar-refractivity contribution < 1.29 is 21.7 Å². The fourth-order valence-corrected chi connectivity index (χ4v) is 2.60. The number of allylic oxidation sites excluding steroid dienone is 4. The maximum absolute atomic E-state index is 2.99. The Balaban J connectivity index is -0.0000000517. The Kier molecular flexibility index (Phi) is 56.7. The van der Waals surface area contributed by atoms with E-state index in [1.54, 1.807) is 0 Å². The van der Waals surface area contributed by atoms with E-state index in [9.17, 15) is 0 Å². The number of benzene rings is 2. The van der Waals surface area contributed by atoms with E-state index >= 15 is 0 Å². The molecule has 0 atom stereocenters. The standard InChI is InChI=1S/C12H11P.C5H5.C2H7Si.4CH3.2ClH.Ti/c1-3-7-11(8-4-1)13-12-9-5-2-6-10-12;1-2-4-5-3-1;1-3-2;;;;;;;/h1-10,13H;1-3H,4H2;3H,1-2H3;4*1H3;2*1H;/q;-1;;4*-1;;;. The Labute approximate surface area is 208 Å². The summed E-state index contributed by atoms with van der Waals surface area (Å²) >= 11 is 0. The van der Waals surface area contributed by atoms with E-state index in [2.05, 4.69) is 85.9 Å². The molecule has 0 aromatic heterocycles. The van der Waals surface area contributed by atoms with Crippen molar-refractivity contribution in [3.63, 3.8) is 0 Å². The third-order valence-corrected chi connectivity index (χ3v) is 3.67. The molecule has 0 heterocycles. The number of hydrogen-bond acceptors (Lipinski definition) is 0. The van der Waals surface area contributed by atoms with Crippen LogP contribution in [0.15, 0.2) is 78.9 Å². The summed E-state index contributed by atoms with van der Waals surface area (Å²) in [4.78, 5) is 0. The van der Waals surface area contributed by atoms with Gasteiger partial charge in [-0.2, -0.15) is 6.08 Å². The maximum atomic E-state index is 2.99. The van der Waals surface area contributed by atoms with Gasteiger partial charge in [-0.1, -0.05) is 82.3 Å². The van der Waals surface area contributed by atoms with Gasteiger partial charge in [0.1, 0.15) is 0 Å². The molecular weight excluding hydrogens is 454 g/mol. The minimum absolute atomic E-state index is 0. The summed E-state index contributed by atoms with van der Waals surface area (Å²) in [5.74, 6) is 0. The molecule has 1 aliphatic carbocycles. The number of halogens is 2. The van der Waals surface area contributed by atoms with Gasteiger partial charge in [0.05, 0.1) is 0 Å². The SMILES string of the molecule is C[SiH]C.Cl.Cl.[C-]1=CC=CC1.[CH3-].[CH3-].[CH3-].[CH3-].[Ti].c1ccc(Pc2ccccc2)cc1. The van der Waals surface area contributed by atoms with E-state index < -0.39 is 0 Å². The van der Waals surface area contributed by atoms with Crippen LogP contribution in [0.2, 0.25) is 13.1 Å². The molecule has 0 spiro atoms. The van der Waals surface area contributed by atoms with E-state index in [0.29, 0.717) is 0 Å². The monoisotopic (exact) mass is 490 g/mol. The Hall–Kier alpha value is -0.139. The molecule has 161 valence electrons. The first-order valence-electron chi connectivity index (χ1n) is 7.19. The van der Waals surface area contributed by atoms with Crippen molar-refractivity contribution in [1.82, 2.24) is 0 Å². The van der Waals surface area contributed by atoms with E-state index in [-0.39, 0.29) is 76.2 Å². The summed E-state index contributed by atoms with van der Waals surface area (Å²) in [6.45, 7) is 4.42. The van der Waals surface area contributed by atoms with Crippen molar-refractivity contribution in [2.75, 3.05) is 0 Å². The van der Waals surface area contributed by atoms with Crippen molar-refractivity contribution >= 4 is 53.5 Å². The van der Waals surface area contributed by atoms with Gasteiger partial charge in [-0.15, -0.1) is 31.2 Å². The Morgan fingerprint density at radius 2 is 1.11 bits per heavy atom. The molecule has 0 bridgehead atoms. The number of rotatable bonds is 2. The smallest absolute Gasteiger partial charge is 0.0213 e. The van der Waals surface area contributed by atoms with E-state index in [4.69, 9.17) is 0 Å². The van der Waals surface area contributed by atoms with Gasteiger partial charge in [0, 0.05) is 31.2 Å². The average molecular weight is 491 g/mol. The van der Waals surface area contributed by atoms with Gasteiger partial charge < -0.3 is 29.7 Å². The summed E-state index contributed by atoms with van der Waals surface area (Å²) < 4.78 is 0. The summed E-state index contributed by atoms with van der Waals surface area (Å²) in [5, 5.41) is 2.79. The molecule has 0 saturated carbocycles. The molecule has 0 amide bonds. The zero-order chi connectivity index (χ0) is 15.2. The second kappa shape index (κ2) is 34.4. The molecule has 1 radical (unpaired) electrons. The van der Waals surface area contributed by atoms with Gasteiger partial charge >= 0.3 is 0 Å². The fourth-order valence-electron chi connectivity index (χ4n) is 1.55. The van der Waals surface area contributed by atoms with Gasteiger partial charge in [0.15, 0.2) is 0 Å². The van der Waals surface area contributed by atoms with E-state index in [0.717, 1.165) is 24.5 Å². The zero-order valence-electron chi connectivity index (χ0n) is 18.1. The average Bonchev–Trinajstić information content (AvgIpc) is 3.10. The predicted molar refractivity (Wildman–Crippen MR) is 141 cm³/mol. The molecule has 0 saturated heterocycles. The first-order valence-corrected chi connectivity index (χ1v) is 10.5. The van der Waals surface area contributed by atoms with Crippen LogP contribution in [-0.4, -0.2) is 9.52 Å². The van der Waals surface area contributed by atoms with E-state index in [1.165, 1.54) is 10.6 Å². The van der Waals surface area contributed by atoms with Crippen LogP contribution in [0, 0.1) is 35.8 Å². The molecule has 0 fully saturated rings. The van der Waals surface area contributed by atoms with E-state index in [1.807, 2.05) is 12.2 Å². The maximum Gasteiger partial charge on any atom is 0.0213 e. The Morgan fingerprint density at radius 3 is 1.32 bits per heavy atom. The van der Waals surface area contributed by atoms with Crippen LogP contribution >= 0.6 is 33.4 Å². The second-order valence-corrected chi connectivity index (χ2v) is 7.00. The van der Waals surface area contributed by atoms with Gasteiger partial charge in [0.25, 0.3) is 0 Å². The van der Waals surface area contributed by atoms with Crippen molar-refractivity contribution in [3.05, 3.63) is 115 Å². The van der Waals surface area contributed by atoms with Crippen LogP contribution in [0.3, 0.4) is 0 Å². The van der Waals surface area contributed by atoms with Crippen LogP contribution in [0.25, 0.3) is 0 Å². The molecule has 28 heavy (non-hydrogen) atoms. The zero-order valence-corrected chi connectivity index (χ0v) is 23.5. The summed E-state index contributed by atoms with van der Waals surface area (Å²) in [6.07, 6.45) is 10.0. The molecule has 0 aliphatic heterocycles. The van der Waals surface area contributed by atoms with Crippen LogP contribution in [0.1, 0.15) is 6.42 Å². The third kappa shape index (κ3) is 25.9. The van der Waals surface area contributed by atoms with Gasteiger partial charge in [0.2, 0.25) is 0 Å². The minimum Gasteiger partial charge on any atom is -0.358 e. The molecule has 3 rings (SSSR count). The minimum atomic E-state index is 0. The molecule has 2 aromatic rings. The van der Waals surface area contributed by atoms with Crippen LogP contribution < -0.4 is 10.6 Å². The van der Waals surface area contributed by atoms with Crippen molar-refractivity contribution in [1.29, 1.82) is 0 Å². The van der Waals surface area contributed by atoms with Gasteiger partial charge in [-0.3, -0.25) is 6.08 Å². The summed E-state index contributed by atoms with van der Waals surface area (Å²) in [6, 6.07) is 21.2. The Bertz CT molecular complexity index is 487. The molecule has 0 N–H and O–H groups in total.